The van der Waals surface area contributed by atoms with Gasteiger partial charge in [-0.2, -0.15) is 0 Å². The molecule has 1 heterocycles. The Morgan fingerprint density at radius 2 is 2.00 bits per heavy atom. The highest BCUT2D eigenvalue weighted by Gasteiger charge is 2.13. The van der Waals surface area contributed by atoms with E-state index in [0.717, 1.165) is 0 Å². The van der Waals surface area contributed by atoms with Crippen molar-refractivity contribution in [3.8, 4) is 5.75 Å². The highest BCUT2D eigenvalue weighted by Crippen LogP contribution is 2.23. The smallest absolute Gasteiger partial charge is 0.313 e. The van der Waals surface area contributed by atoms with E-state index in [0.29, 0.717) is 5.56 Å². The molecule has 0 saturated heterocycles. The van der Waals surface area contributed by atoms with Crippen LogP contribution < -0.4 is 10.7 Å². The zero-order valence-corrected chi connectivity index (χ0v) is 6.41. The van der Waals surface area contributed by atoms with Gasteiger partial charge in [0, 0.05) is 11.1 Å². The molecule has 5 heteroatoms. The van der Waals surface area contributed by atoms with Crippen molar-refractivity contribution in [2.45, 2.75) is 13.2 Å². The number of rotatable bonds is 2. The molecule has 0 unspecified atom stereocenters. The number of H-pyrrole nitrogens is 1. The average molecular weight is 171 g/mol. The molecule has 12 heavy (non-hydrogen) atoms. The first-order valence-electron chi connectivity index (χ1n) is 3.43. The van der Waals surface area contributed by atoms with Crippen molar-refractivity contribution < 1.29 is 20.3 Å². The van der Waals surface area contributed by atoms with Crippen molar-refractivity contribution in [1.82, 2.24) is 0 Å². The molecule has 0 bridgehead atoms. The van der Waals surface area contributed by atoms with Crippen LogP contribution >= 0.6 is 0 Å². The number of aliphatic hydroxyl groups is 2. The summed E-state index contributed by atoms with van der Waals surface area (Å²) in [6.45, 7) is -0.596. The lowest BCUT2D eigenvalue weighted by molar-refractivity contribution is -0.362. The molecule has 0 aromatic carbocycles. The molecular weight excluding hydrogens is 160 g/mol. The van der Waals surface area contributed by atoms with Crippen molar-refractivity contribution in [2.24, 2.45) is 0 Å². The molecule has 0 radical (unpaired) electrons. The van der Waals surface area contributed by atoms with Gasteiger partial charge < -0.3 is 15.3 Å². The number of aromatic amines is 1. The van der Waals surface area contributed by atoms with Crippen LogP contribution in [0.1, 0.15) is 11.1 Å². The van der Waals surface area contributed by atoms with Gasteiger partial charge in [0.25, 0.3) is 0 Å². The Hall–Kier alpha value is -1.33. The molecule has 66 valence electrons. The van der Waals surface area contributed by atoms with Crippen LogP contribution in [0.5, 0.6) is 5.75 Å². The highest BCUT2D eigenvalue weighted by molar-refractivity contribution is 5.48. The molecule has 0 aliphatic rings. The number of nitrogen functional groups attached to an aromatic ring is 1. The predicted octanol–water partition coefficient (Wildman–Crippen LogP) is -1.23. The number of hydrogen-bond acceptors (Lipinski definition) is 4. The molecule has 0 spiro atoms. The fraction of sp³-hybridized carbons (Fsp3) is 0.286. The van der Waals surface area contributed by atoms with Gasteiger partial charge in [-0.25, -0.2) is 4.98 Å². The second-order valence-electron chi connectivity index (χ2n) is 2.37. The van der Waals surface area contributed by atoms with Gasteiger partial charge in [0.1, 0.15) is 0 Å². The van der Waals surface area contributed by atoms with Crippen LogP contribution in [0.2, 0.25) is 0 Å². The second-order valence-corrected chi connectivity index (χ2v) is 2.37. The molecule has 0 amide bonds. The fourth-order valence-corrected chi connectivity index (χ4v) is 0.952. The first-order valence-corrected chi connectivity index (χ1v) is 3.43. The second kappa shape index (κ2) is 3.38. The van der Waals surface area contributed by atoms with Gasteiger partial charge in [0.05, 0.1) is 19.4 Å². The molecule has 0 aliphatic heterocycles. The van der Waals surface area contributed by atoms with Crippen LogP contribution in [-0.4, -0.2) is 15.3 Å². The Labute approximate surface area is 69.1 Å². The van der Waals surface area contributed by atoms with Gasteiger partial charge in [-0.3, -0.25) is 5.73 Å². The topological polar surface area (TPSA) is 101 Å². The zero-order chi connectivity index (χ0) is 9.14. The fourth-order valence-electron chi connectivity index (χ4n) is 0.952. The number of hydrogen-bond donors (Lipinski definition) is 4. The number of nitrogens with two attached hydrogens (primary N) is 1. The maximum atomic E-state index is 9.28. The van der Waals surface area contributed by atoms with Crippen LogP contribution in [0.25, 0.3) is 0 Å². The van der Waals surface area contributed by atoms with Gasteiger partial charge >= 0.3 is 5.82 Å². The third-order valence-corrected chi connectivity index (χ3v) is 1.66. The standard InChI is InChI=1S/C7H10N2O3/c8-7-6(12)5(3-11)4(2-10)1-9-7/h1,10-12H,2-3H2,(H2,8,9)/p+1. The molecule has 1 aromatic rings. The van der Waals surface area contributed by atoms with E-state index < -0.39 is 0 Å². The Morgan fingerprint density at radius 1 is 1.33 bits per heavy atom. The lowest BCUT2D eigenvalue weighted by Crippen LogP contribution is -2.13. The van der Waals surface area contributed by atoms with Gasteiger partial charge in [0.15, 0.2) is 0 Å². The summed E-state index contributed by atoms with van der Waals surface area (Å²) in [4.78, 5) is 2.55. The quantitative estimate of drug-likeness (QED) is 0.447. The summed E-state index contributed by atoms with van der Waals surface area (Å²) in [6.07, 6.45) is 1.45. The van der Waals surface area contributed by atoms with Crippen molar-refractivity contribution >= 4 is 5.82 Å². The maximum Gasteiger partial charge on any atom is 0.313 e. The number of aliphatic hydroxyl groups excluding tert-OH is 2. The van der Waals surface area contributed by atoms with Crippen LogP contribution in [0.3, 0.4) is 0 Å². The van der Waals surface area contributed by atoms with E-state index in [1.807, 2.05) is 0 Å². The summed E-state index contributed by atoms with van der Waals surface area (Å²) in [5, 5.41) is 26.9. The van der Waals surface area contributed by atoms with E-state index in [1.165, 1.54) is 6.20 Å². The summed E-state index contributed by atoms with van der Waals surface area (Å²) in [5.41, 5.74) is 6.01. The Morgan fingerprint density at radius 3 is 2.50 bits per heavy atom. The van der Waals surface area contributed by atoms with E-state index in [9.17, 15) is 5.11 Å². The molecule has 1 aromatic heterocycles. The summed E-state index contributed by atoms with van der Waals surface area (Å²) in [7, 11) is 0. The van der Waals surface area contributed by atoms with E-state index in [4.69, 9.17) is 15.9 Å². The summed E-state index contributed by atoms with van der Waals surface area (Å²) in [6, 6.07) is 0. The number of aromatic hydroxyl groups is 1. The number of anilines is 1. The van der Waals surface area contributed by atoms with E-state index >= 15 is 0 Å². The predicted molar refractivity (Wildman–Crippen MR) is 40.9 cm³/mol. The number of pyridine rings is 1. The van der Waals surface area contributed by atoms with Gasteiger partial charge in [-0.05, 0) is 0 Å². The molecule has 5 nitrogen and oxygen atoms in total. The molecule has 0 atom stereocenters. The van der Waals surface area contributed by atoms with E-state index in [1.54, 1.807) is 0 Å². The summed E-state index contributed by atoms with van der Waals surface area (Å²) in [5.74, 6) is -0.125. The average Bonchev–Trinajstić information content (AvgIpc) is 2.09. The normalized spacial score (nSPS) is 10.2. The molecule has 1 rings (SSSR count). The Bertz CT molecular complexity index is 288. The number of aromatic nitrogens is 1. The van der Waals surface area contributed by atoms with Crippen LogP contribution in [-0.2, 0) is 13.2 Å². The lowest BCUT2D eigenvalue weighted by atomic mass is 10.1. The van der Waals surface area contributed by atoms with Crippen LogP contribution in [0, 0.1) is 0 Å². The third kappa shape index (κ3) is 1.32. The minimum Gasteiger partial charge on any atom is -0.501 e. The molecule has 0 saturated carbocycles. The molecule has 0 fully saturated rings. The highest BCUT2D eigenvalue weighted by atomic mass is 16.3. The van der Waals surface area contributed by atoms with Gasteiger partial charge in [-0.1, -0.05) is 0 Å². The van der Waals surface area contributed by atoms with Gasteiger partial charge in [-0.15, -0.1) is 0 Å². The summed E-state index contributed by atoms with van der Waals surface area (Å²) >= 11 is 0. The van der Waals surface area contributed by atoms with Gasteiger partial charge in [0.2, 0.25) is 5.75 Å². The minimum absolute atomic E-state index is 0.0799. The first-order chi connectivity index (χ1) is 5.70. The lowest BCUT2D eigenvalue weighted by Gasteiger charge is -2.04. The Balaban J connectivity index is 3.25. The number of nitrogens with one attached hydrogen (secondary N) is 1. The summed E-state index contributed by atoms with van der Waals surface area (Å²) < 4.78 is 0. The molecular formula is C7H11N2O3+. The SMILES string of the molecule is Nc1[nH+]cc(CO)c(CO)c1O. The molecule has 6 N–H and O–H groups in total. The minimum atomic E-state index is -0.347. The monoisotopic (exact) mass is 171 g/mol. The van der Waals surface area contributed by atoms with Crippen molar-refractivity contribution in [1.29, 1.82) is 0 Å². The van der Waals surface area contributed by atoms with E-state index in [-0.39, 0.29) is 30.3 Å². The van der Waals surface area contributed by atoms with E-state index in [2.05, 4.69) is 4.98 Å². The van der Waals surface area contributed by atoms with Crippen molar-refractivity contribution in [3.05, 3.63) is 17.3 Å². The van der Waals surface area contributed by atoms with Crippen LogP contribution in [0.15, 0.2) is 6.20 Å². The van der Waals surface area contributed by atoms with Crippen LogP contribution in [0.4, 0.5) is 5.82 Å². The first kappa shape index (κ1) is 8.76. The maximum absolute atomic E-state index is 9.28. The zero-order valence-electron chi connectivity index (χ0n) is 6.41. The third-order valence-electron chi connectivity index (χ3n) is 1.66. The Kier molecular flexibility index (Phi) is 2.47. The largest absolute Gasteiger partial charge is 0.501 e. The molecule has 0 aliphatic carbocycles. The van der Waals surface area contributed by atoms with Crippen molar-refractivity contribution in [3.63, 3.8) is 0 Å². The van der Waals surface area contributed by atoms with Crippen molar-refractivity contribution in [2.75, 3.05) is 5.73 Å².